The molecule has 0 fully saturated rings. The topological polar surface area (TPSA) is 61.4 Å². The highest BCUT2D eigenvalue weighted by Gasteiger charge is 2.09. The van der Waals surface area contributed by atoms with Gasteiger partial charge in [-0.25, -0.2) is 0 Å². The molecular formula is C11H24N2O2. The van der Waals surface area contributed by atoms with Gasteiger partial charge in [0.2, 0.25) is 5.91 Å². The van der Waals surface area contributed by atoms with E-state index in [0.717, 1.165) is 0 Å². The Balaban J connectivity index is 3.55. The highest BCUT2D eigenvalue weighted by atomic mass is 16.3. The van der Waals surface area contributed by atoms with Crippen LogP contribution < -0.4 is 10.6 Å². The average Bonchev–Trinajstić information content (AvgIpc) is 2.00. The summed E-state index contributed by atoms with van der Waals surface area (Å²) in [6, 6.07) is 0.448. The quantitative estimate of drug-likeness (QED) is 0.585. The minimum absolute atomic E-state index is 0.0382. The van der Waals surface area contributed by atoms with E-state index in [1.807, 2.05) is 20.8 Å². The Morgan fingerprint density at radius 1 is 1.27 bits per heavy atom. The van der Waals surface area contributed by atoms with Crippen LogP contribution in [0, 0.1) is 0 Å². The first-order valence-electron chi connectivity index (χ1n) is 5.62. The van der Waals surface area contributed by atoms with E-state index in [1.54, 1.807) is 6.92 Å². The molecule has 4 heteroatoms. The van der Waals surface area contributed by atoms with Crippen LogP contribution in [0.2, 0.25) is 0 Å². The van der Waals surface area contributed by atoms with Gasteiger partial charge in [0.15, 0.2) is 0 Å². The molecule has 90 valence electrons. The van der Waals surface area contributed by atoms with Gasteiger partial charge in [-0.15, -0.1) is 0 Å². The monoisotopic (exact) mass is 216 g/mol. The van der Waals surface area contributed by atoms with E-state index in [9.17, 15) is 4.79 Å². The van der Waals surface area contributed by atoms with Gasteiger partial charge >= 0.3 is 0 Å². The first-order valence-corrected chi connectivity index (χ1v) is 5.62. The molecule has 0 aromatic heterocycles. The van der Waals surface area contributed by atoms with Crippen LogP contribution in [0.5, 0.6) is 0 Å². The van der Waals surface area contributed by atoms with Gasteiger partial charge in [-0.3, -0.25) is 4.79 Å². The lowest BCUT2D eigenvalue weighted by molar-refractivity contribution is -0.121. The number of hydrogen-bond acceptors (Lipinski definition) is 3. The second-order valence-electron chi connectivity index (χ2n) is 4.41. The van der Waals surface area contributed by atoms with Crippen molar-refractivity contribution in [3.63, 3.8) is 0 Å². The molecular weight excluding hydrogens is 192 g/mol. The first kappa shape index (κ1) is 14.4. The fraction of sp³-hybridized carbons (Fsp3) is 0.909. The number of carbonyl (C=O) groups excluding carboxylic acids is 1. The average molecular weight is 216 g/mol. The van der Waals surface area contributed by atoms with Crippen molar-refractivity contribution in [2.75, 3.05) is 6.54 Å². The van der Waals surface area contributed by atoms with E-state index in [4.69, 9.17) is 5.11 Å². The lowest BCUT2D eigenvalue weighted by atomic mass is 10.1. The Bertz CT molecular complexity index is 181. The van der Waals surface area contributed by atoms with E-state index >= 15 is 0 Å². The molecule has 2 atom stereocenters. The number of aliphatic hydroxyl groups is 1. The van der Waals surface area contributed by atoms with Crippen LogP contribution in [0.15, 0.2) is 0 Å². The molecule has 2 unspecified atom stereocenters. The molecule has 0 saturated carbocycles. The molecule has 0 saturated heterocycles. The van der Waals surface area contributed by atoms with Crippen molar-refractivity contribution < 1.29 is 9.90 Å². The zero-order valence-corrected chi connectivity index (χ0v) is 10.2. The van der Waals surface area contributed by atoms with Crippen molar-refractivity contribution in [1.29, 1.82) is 0 Å². The van der Waals surface area contributed by atoms with E-state index in [1.165, 1.54) is 0 Å². The molecule has 1 amide bonds. The number of aliphatic hydroxyl groups excluding tert-OH is 1. The molecule has 0 aliphatic rings. The van der Waals surface area contributed by atoms with Gasteiger partial charge in [-0.1, -0.05) is 13.8 Å². The Labute approximate surface area is 92.4 Å². The number of carbonyl (C=O) groups is 1. The minimum Gasteiger partial charge on any atom is -0.393 e. The molecule has 15 heavy (non-hydrogen) atoms. The molecule has 0 rings (SSSR count). The lowest BCUT2D eigenvalue weighted by Crippen LogP contribution is -2.36. The molecule has 4 nitrogen and oxygen atoms in total. The van der Waals surface area contributed by atoms with Crippen LogP contribution in [-0.2, 0) is 4.79 Å². The fourth-order valence-corrected chi connectivity index (χ4v) is 1.39. The number of rotatable bonds is 7. The lowest BCUT2D eigenvalue weighted by Gasteiger charge is -2.15. The van der Waals surface area contributed by atoms with Gasteiger partial charge in [0.05, 0.1) is 6.10 Å². The van der Waals surface area contributed by atoms with Crippen LogP contribution >= 0.6 is 0 Å². The van der Waals surface area contributed by atoms with Crippen LogP contribution in [0.25, 0.3) is 0 Å². The van der Waals surface area contributed by atoms with Crippen molar-refractivity contribution in [1.82, 2.24) is 10.6 Å². The van der Waals surface area contributed by atoms with Crippen LogP contribution in [0.1, 0.15) is 40.5 Å². The van der Waals surface area contributed by atoms with Gasteiger partial charge < -0.3 is 15.7 Å². The molecule has 0 aromatic carbocycles. The standard InChI is InChI=1S/C11H24N2O2/c1-8(2)12-6-5-11(15)13-9(3)7-10(4)14/h8-10,12,14H,5-7H2,1-4H3,(H,13,15). The van der Waals surface area contributed by atoms with Crippen molar-refractivity contribution in [3.8, 4) is 0 Å². The molecule has 0 spiro atoms. The second-order valence-corrected chi connectivity index (χ2v) is 4.41. The maximum atomic E-state index is 11.4. The summed E-state index contributed by atoms with van der Waals surface area (Å²) in [6.07, 6.45) is 0.722. The zero-order chi connectivity index (χ0) is 11.8. The van der Waals surface area contributed by atoms with Crippen molar-refractivity contribution in [2.24, 2.45) is 0 Å². The third kappa shape index (κ3) is 9.69. The summed E-state index contributed by atoms with van der Waals surface area (Å²) in [5.41, 5.74) is 0. The Hall–Kier alpha value is -0.610. The van der Waals surface area contributed by atoms with Crippen LogP contribution in [0.3, 0.4) is 0 Å². The molecule has 0 aromatic rings. The highest BCUT2D eigenvalue weighted by Crippen LogP contribution is 1.96. The summed E-state index contributed by atoms with van der Waals surface area (Å²) in [5.74, 6) is 0.0382. The van der Waals surface area contributed by atoms with Gasteiger partial charge in [0.1, 0.15) is 0 Å². The fourth-order valence-electron chi connectivity index (χ4n) is 1.39. The summed E-state index contributed by atoms with van der Waals surface area (Å²) >= 11 is 0. The zero-order valence-electron chi connectivity index (χ0n) is 10.2. The van der Waals surface area contributed by atoms with Gasteiger partial charge in [0, 0.05) is 25.0 Å². The third-order valence-electron chi connectivity index (χ3n) is 2.01. The summed E-state index contributed by atoms with van der Waals surface area (Å²) in [6.45, 7) is 8.43. The summed E-state index contributed by atoms with van der Waals surface area (Å²) in [5, 5.41) is 15.1. The Morgan fingerprint density at radius 2 is 1.87 bits per heavy atom. The maximum Gasteiger partial charge on any atom is 0.221 e. The highest BCUT2D eigenvalue weighted by molar-refractivity contribution is 5.76. The van der Waals surface area contributed by atoms with Gasteiger partial charge in [-0.2, -0.15) is 0 Å². The number of amides is 1. The van der Waals surface area contributed by atoms with Crippen molar-refractivity contribution in [3.05, 3.63) is 0 Å². The molecule has 0 aliphatic heterocycles. The van der Waals surface area contributed by atoms with Crippen molar-refractivity contribution in [2.45, 2.75) is 58.7 Å². The summed E-state index contributed by atoms with van der Waals surface area (Å²) in [4.78, 5) is 11.4. The number of hydrogen-bond donors (Lipinski definition) is 3. The van der Waals surface area contributed by atoms with E-state index in [-0.39, 0.29) is 18.1 Å². The van der Waals surface area contributed by atoms with Crippen LogP contribution in [0.4, 0.5) is 0 Å². The summed E-state index contributed by atoms with van der Waals surface area (Å²) < 4.78 is 0. The van der Waals surface area contributed by atoms with E-state index in [2.05, 4.69) is 10.6 Å². The largest absolute Gasteiger partial charge is 0.393 e. The van der Waals surface area contributed by atoms with E-state index < -0.39 is 0 Å². The van der Waals surface area contributed by atoms with Crippen molar-refractivity contribution >= 4 is 5.91 Å². The maximum absolute atomic E-state index is 11.4. The number of nitrogens with one attached hydrogen (secondary N) is 2. The molecule has 3 N–H and O–H groups in total. The van der Waals surface area contributed by atoms with Crippen LogP contribution in [-0.4, -0.2) is 35.7 Å². The van der Waals surface area contributed by atoms with Gasteiger partial charge in [-0.05, 0) is 20.3 Å². The molecule has 0 radical (unpaired) electrons. The SMILES string of the molecule is CC(O)CC(C)NC(=O)CCNC(C)C. The third-order valence-corrected chi connectivity index (χ3v) is 2.01. The molecule has 0 bridgehead atoms. The molecule has 0 heterocycles. The predicted octanol–water partition coefficient (Wildman–Crippen LogP) is 0.650. The molecule has 0 aliphatic carbocycles. The summed E-state index contributed by atoms with van der Waals surface area (Å²) in [7, 11) is 0. The Kier molecular flexibility index (Phi) is 7.34. The minimum atomic E-state index is -0.367. The first-order chi connectivity index (χ1) is 6.91. The predicted molar refractivity (Wildman–Crippen MR) is 61.7 cm³/mol. The smallest absolute Gasteiger partial charge is 0.221 e. The van der Waals surface area contributed by atoms with E-state index in [0.29, 0.717) is 25.4 Å². The Morgan fingerprint density at radius 3 is 2.33 bits per heavy atom. The second kappa shape index (κ2) is 7.65. The normalized spacial score (nSPS) is 15.1. The van der Waals surface area contributed by atoms with Gasteiger partial charge in [0.25, 0.3) is 0 Å².